The van der Waals surface area contributed by atoms with Crippen molar-refractivity contribution in [1.29, 1.82) is 0 Å². The fraction of sp³-hybridized carbons (Fsp3) is 0.600. The summed E-state index contributed by atoms with van der Waals surface area (Å²) in [6.07, 6.45) is 3.30. The minimum Gasteiger partial charge on any atom is -0.493 e. The van der Waals surface area contributed by atoms with Crippen molar-refractivity contribution < 1.29 is 4.74 Å². The maximum atomic E-state index is 5.84. The summed E-state index contributed by atoms with van der Waals surface area (Å²) in [5.74, 6) is 1.54. The van der Waals surface area contributed by atoms with Crippen LogP contribution in [0.1, 0.15) is 51.5 Å². The summed E-state index contributed by atoms with van der Waals surface area (Å²) in [7, 11) is 0. The largest absolute Gasteiger partial charge is 0.493 e. The van der Waals surface area contributed by atoms with Gasteiger partial charge in [-0.3, -0.25) is 0 Å². The van der Waals surface area contributed by atoms with Crippen LogP contribution in [-0.4, -0.2) is 12.6 Å². The second-order valence-corrected chi connectivity index (χ2v) is 5.01. The number of benzene rings is 1. The summed E-state index contributed by atoms with van der Waals surface area (Å²) >= 11 is 0. The van der Waals surface area contributed by atoms with Gasteiger partial charge < -0.3 is 10.5 Å². The quantitative estimate of drug-likeness (QED) is 0.731. The van der Waals surface area contributed by atoms with Crippen LogP contribution in [-0.2, 0) is 0 Å². The number of para-hydroxylation sites is 1. The average Bonchev–Trinajstić information content (AvgIpc) is 2.28. The molecule has 2 heteroatoms. The van der Waals surface area contributed by atoms with E-state index in [0.29, 0.717) is 12.0 Å². The van der Waals surface area contributed by atoms with Crippen LogP contribution in [0.25, 0.3) is 0 Å². The minimum atomic E-state index is 0.304. The van der Waals surface area contributed by atoms with Gasteiger partial charge in [0.05, 0.1) is 6.61 Å². The molecular formula is C15H25NO. The predicted molar refractivity (Wildman–Crippen MR) is 73.5 cm³/mol. The van der Waals surface area contributed by atoms with E-state index in [1.807, 2.05) is 6.07 Å². The summed E-state index contributed by atoms with van der Waals surface area (Å²) in [6, 6.07) is 8.60. The van der Waals surface area contributed by atoms with Crippen LogP contribution in [0.2, 0.25) is 0 Å². The molecule has 0 saturated heterocycles. The van der Waals surface area contributed by atoms with Crippen molar-refractivity contribution in [2.24, 2.45) is 5.73 Å². The van der Waals surface area contributed by atoms with Crippen LogP contribution in [0.4, 0.5) is 0 Å². The van der Waals surface area contributed by atoms with Gasteiger partial charge in [0.25, 0.3) is 0 Å². The van der Waals surface area contributed by atoms with Crippen molar-refractivity contribution in [3.63, 3.8) is 0 Å². The Bertz CT molecular complexity index is 320. The molecule has 1 rings (SSSR count). The first-order valence-corrected chi connectivity index (χ1v) is 6.58. The van der Waals surface area contributed by atoms with E-state index in [1.165, 1.54) is 5.56 Å². The first-order valence-electron chi connectivity index (χ1n) is 6.58. The lowest BCUT2D eigenvalue weighted by atomic mass is 10.0. The second kappa shape index (κ2) is 7.33. The molecule has 0 aliphatic heterocycles. The van der Waals surface area contributed by atoms with E-state index < -0.39 is 0 Å². The Kier molecular flexibility index (Phi) is 6.06. The van der Waals surface area contributed by atoms with Crippen LogP contribution in [0, 0.1) is 0 Å². The number of ether oxygens (including phenoxy) is 1. The van der Waals surface area contributed by atoms with E-state index in [1.54, 1.807) is 0 Å². The fourth-order valence-corrected chi connectivity index (χ4v) is 1.84. The van der Waals surface area contributed by atoms with Crippen LogP contribution < -0.4 is 10.5 Å². The average molecular weight is 235 g/mol. The summed E-state index contributed by atoms with van der Waals surface area (Å²) in [5, 5.41) is 0. The number of unbranched alkanes of at least 4 members (excludes halogenated alkanes) is 1. The Morgan fingerprint density at radius 3 is 2.47 bits per heavy atom. The molecule has 17 heavy (non-hydrogen) atoms. The third kappa shape index (κ3) is 5.22. The number of hydrogen-bond acceptors (Lipinski definition) is 2. The molecule has 96 valence electrons. The monoisotopic (exact) mass is 235 g/mol. The zero-order valence-electron chi connectivity index (χ0n) is 11.3. The highest BCUT2D eigenvalue weighted by atomic mass is 16.5. The molecule has 1 unspecified atom stereocenters. The highest BCUT2D eigenvalue weighted by molar-refractivity contribution is 5.35. The van der Waals surface area contributed by atoms with Crippen molar-refractivity contribution >= 4 is 0 Å². The molecule has 0 heterocycles. The van der Waals surface area contributed by atoms with Gasteiger partial charge in [-0.25, -0.2) is 0 Å². The lowest BCUT2D eigenvalue weighted by Crippen LogP contribution is -2.14. The highest BCUT2D eigenvalue weighted by Gasteiger charge is 2.06. The first-order chi connectivity index (χ1) is 8.11. The van der Waals surface area contributed by atoms with E-state index >= 15 is 0 Å². The normalized spacial score (nSPS) is 12.8. The van der Waals surface area contributed by atoms with Gasteiger partial charge in [-0.1, -0.05) is 32.0 Å². The van der Waals surface area contributed by atoms with Crippen molar-refractivity contribution in [3.05, 3.63) is 29.8 Å². The molecule has 0 radical (unpaired) electrons. The molecule has 0 fully saturated rings. The first kappa shape index (κ1) is 14.0. The van der Waals surface area contributed by atoms with Gasteiger partial charge >= 0.3 is 0 Å². The summed E-state index contributed by atoms with van der Waals surface area (Å²) < 4.78 is 5.84. The van der Waals surface area contributed by atoms with Gasteiger partial charge in [0.15, 0.2) is 0 Å². The SMILES string of the molecule is CC(N)CCCCOc1ccccc1C(C)C. The van der Waals surface area contributed by atoms with Gasteiger partial charge in [-0.2, -0.15) is 0 Å². The standard InChI is InChI=1S/C15H25NO/c1-12(2)14-9-4-5-10-15(14)17-11-7-6-8-13(3)16/h4-5,9-10,12-13H,6-8,11,16H2,1-3H3. The van der Waals surface area contributed by atoms with E-state index in [4.69, 9.17) is 10.5 Å². The smallest absolute Gasteiger partial charge is 0.122 e. The van der Waals surface area contributed by atoms with Gasteiger partial charge in [0.1, 0.15) is 5.75 Å². The Hall–Kier alpha value is -1.02. The molecule has 0 spiro atoms. The molecule has 0 aliphatic carbocycles. The predicted octanol–water partition coefficient (Wildman–Crippen LogP) is 3.71. The van der Waals surface area contributed by atoms with E-state index in [9.17, 15) is 0 Å². The Morgan fingerprint density at radius 2 is 1.82 bits per heavy atom. The topological polar surface area (TPSA) is 35.2 Å². The van der Waals surface area contributed by atoms with E-state index in [-0.39, 0.29) is 0 Å². The van der Waals surface area contributed by atoms with Crippen molar-refractivity contribution in [3.8, 4) is 5.75 Å². The Morgan fingerprint density at radius 1 is 1.12 bits per heavy atom. The molecule has 1 atom stereocenters. The molecule has 0 amide bonds. The highest BCUT2D eigenvalue weighted by Crippen LogP contribution is 2.25. The third-order valence-corrected chi connectivity index (χ3v) is 2.85. The van der Waals surface area contributed by atoms with Crippen molar-refractivity contribution in [2.45, 2.75) is 52.0 Å². The molecule has 1 aromatic carbocycles. The number of nitrogens with two attached hydrogens (primary N) is 1. The Labute approximate surface area is 105 Å². The fourth-order valence-electron chi connectivity index (χ4n) is 1.84. The van der Waals surface area contributed by atoms with Gasteiger partial charge in [0, 0.05) is 6.04 Å². The van der Waals surface area contributed by atoms with Crippen LogP contribution >= 0.6 is 0 Å². The van der Waals surface area contributed by atoms with Gasteiger partial charge in [0.2, 0.25) is 0 Å². The molecule has 0 aliphatic rings. The van der Waals surface area contributed by atoms with Gasteiger partial charge in [-0.05, 0) is 43.7 Å². The lowest BCUT2D eigenvalue weighted by Gasteiger charge is -2.13. The lowest BCUT2D eigenvalue weighted by molar-refractivity contribution is 0.300. The van der Waals surface area contributed by atoms with Crippen molar-refractivity contribution in [2.75, 3.05) is 6.61 Å². The Balaban J connectivity index is 2.36. The second-order valence-electron chi connectivity index (χ2n) is 5.01. The zero-order valence-corrected chi connectivity index (χ0v) is 11.3. The van der Waals surface area contributed by atoms with E-state index in [2.05, 4.69) is 39.0 Å². The molecule has 0 aromatic heterocycles. The summed E-state index contributed by atoms with van der Waals surface area (Å²) in [6.45, 7) is 7.22. The van der Waals surface area contributed by atoms with Gasteiger partial charge in [-0.15, -0.1) is 0 Å². The van der Waals surface area contributed by atoms with Crippen LogP contribution in [0.3, 0.4) is 0 Å². The molecule has 0 saturated carbocycles. The zero-order chi connectivity index (χ0) is 12.7. The number of rotatable bonds is 7. The maximum Gasteiger partial charge on any atom is 0.122 e. The summed E-state index contributed by atoms with van der Waals surface area (Å²) in [4.78, 5) is 0. The summed E-state index contributed by atoms with van der Waals surface area (Å²) in [5.41, 5.74) is 7.00. The number of hydrogen-bond donors (Lipinski definition) is 1. The minimum absolute atomic E-state index is 0.304. The van der Waals surface area contributed by atoms with Crippen LogP contribution in [0.15, 0.2) is 24.3 Å². The van der Waals surface area contributed by atoms with E-state index in [0.717, 1.165) is 31.6 Å². The third-order valence-electron chi connectivity index (χ3n) is 2.85. The molecule has 2 N–H and O–H groups in total. The molecule has 1 aromatic rings. The van der Waals surface area contributed by atoms with Crippen molar-refractivity contribution in [1.82, 2.24) is 0 Å². The molecule has 2 nitrogen and oxygen atoms in total. The molecule has 0 bridgehead atoms. The van der Waals surface area contributed by atoms with Crippen LogP contribution in [0.5, 0.6) is 5.75 Å². The maximum absolute atomic E-state index is 5.84. The molecular weight excluding hydrogens is 210 g/mol.